The predicted octanol–water partition coefficient (Wildman–Crippen LogP) is 3.75. The molecule has 1 aromatic carbocycles. The maximum Gasteiger partial charge on any atom is 0.416 e. The van der Waals surface area contributed by atoms with Crippen LogP contribution in [0.1, 0.15) is 18.1 Å². The molecule has 0 aliphatic heterocycles. The molecular weight excluding hydrogens is 224 g/mol. The number of ether oxygens (including phenoxy) is 1. The van der Waals surface area contributed by atoms with E-state index < -0.39 is 17.9 Å². The van der Waals surface area contributed by atoms with Gasteiger partial charge in [0, 0.05) is 0 Å². The molecule has 0 spiro atoms. The van der Waals surface area contributed by atoms with Crippen LogP contribution in [0.15, 0.2) is 18.2 Å². The average Bonchev–Trinajstić information content (AvgIpc) is 2.14. The van der Waals surface area contributed by atoms with Crippen molar-refractivity contribution in [1.29, 1.82) is 0 Å². The van der Waals surface area contributed by atoms with E-state index in [9.17, 15) is 17.6 Å². The fourth-order valence-corrected chi connectivity index (χ4v) is 1.21. The third-order valence-corrected chi connectivity index (χ3v) is 1.99. The van der Waals surface area contributed by atoms with Crippen LogP contribution in [0.4, 0.5) is 17.6 Å². The van der Waals surface area contributed by atoms with Crippen LogP contribution < -0.4 is 4.74 Å². The third kappa shape index (κ3) is 3.40. The predicted molar refractivity (Wildman–Crippen MR) is 52.2 cm³/mol. The molecule has 0 N–H and O–H groups in total. The fraction of sp³-hybridized carbons (Fsp3) is 0.455. The topological polar surface area (TPSA) is 9.23 Å². The summed E-state index contributed by atoms with van der Waals surface area (Å²) >= 11 is 0. The lowest BCUT2D eigenvalue weighted by Crippen LogP contribution is -2.11. The first kappa shape index (κ1) is 12.8. The first-order valence-corrected chi connectivity index (χ1v) is 4.75. The van der Waals surface area contributed by atoms with Gasteiger partial charge in [-0.25, -0.2) is 4.39 Å². The third-order valence-electron chi connectivity index (χ3n) is 1.99. The van der Waals surface area contributed by atoms with E-state index in [1.807, 2.05) is 0 Å². The molecule has 0 amide bonds. The molecule has 0 aromatic heterocycles. The summed E-state index contributed by atoms with van der Waals surface area (Å²) in [6.07, 6.45) is -5.62. The molecule has 1 atom stereocenters. The molecule has 0 heterocycles. The Morgan fingerprint density at radius 1 is 1.31 bits per heavy atom. The van der Waals surface area contributed by atoms with Crippen LogP contribution in [0.25, 0.3) is 0 Å². The van der Waals surface area contributed by atoms with Gasteiger partial charge in [-0.15, -0.1) is 0 Å². The van der Waals surface area contributed by atoms with E-state index in [0.717, 1.165) is 6.07 Å². The van der Waals surface area contributed by atoms with Crippen LogP contribution in [0.2, 0.25) is 0 Å². The minimum absolute atomic E-state index is 0.0300. The minimum Gasteiger partial charge on any atom is -0.491 e. The number of hydrogen-bond acceptors (Lipinski definition) is 1. The van der Waals surface area contributed by atoms with Crippen LogP contribution in [0, 0.1) is 6.92 Å². The molecule has 0 unspecified atom stereocenters. The van der Waals surface area contributed by atoms with Crippen LogP contribution in [0.3, 0.4) is 0 Å². The normalized spacial score (nSPS) is 13.6. The number of hydrogen-bond donors (Lipinski definition) is 0. The monoisotopic (exact) mass is 236 g/mol. The van der Waals surface area contributed by atoms with Crippen molar-refractivity contribution >= 4 is 0 Å². The van der Waals surface area contributed by atoms with Crippen LogP contribution in [-0.2, 0) is 6.18 Å². The maximum atomic E-state index is 12.5. The summed E-state index contributed by atoms with van der Waals surface area (Å²) in [7, 11) is 0. The van der Waals surface area contributed by atoms with E-state index in [1.54, 1.807) is 0 Å². The first-order chi connectivity index (χ1) is 7.30. The van der Waals surface area contributed by atoms with Crippen LogP contribution in [-0.4, -0.2) is 12.8 Å². The molecule has 1 aromatic rings. The van der Waals surface area contributed by atoms with Crippen LogP contribution in [0.5, 0.6) is 5.75 Å². The van der Waals surface area contributed by atoms with Gasteiger partial charge in [0.2, 0.25) is 0 Å². The van der Waals surface area contributed by atoms with Gasteiger partial charge in [-0.05, 0) is 31.5 Å². The molecule has 1 nitrogen and oxygen atoms in total. The molecule has 0 saturated carbocycles. The highest BCUT2D eigenvalue weighted by Crippen LogP contribution is 2.34. The number of rotatable bonds is 3. The van der Waals surface area contributed by atoms with E-state index in [0.29, 0.717) is 0 Å². The number of alkyl halides is 4. The van der Waals surface area contributed by atoms with Crippen LogP contribution >= 0.6 is 0 Å². The number of aryl methyl sites for hydroxylation is 1. The second-order valence-electron chi connectivity index (χ2n) is 3.57. The Labute approximate surface area is 91.0 Å². The molecule has 0 aliphatic rings. The molecular formula is C11H12F4O. The molecule has 5 heteroatoms. The average molecular weight is 236 g/mol. The van der Waals surface area contributed by atoms with Crippen molar-refractivity contribution in [1.82, 2.24) is 0 Å². The molecule has 0 saturated heterocycles. The molecule has 16 heavy (non-hydrogen) atoms. The fourth-order valence-electron chi connectivity index (χ4n) is 1.21. The zero-order chi connectivity index (χ0) is 12.3. The minimum atomic E-state index is -4.41. The van der Waals surface area contributed by atoms with Gasteiger partial charge in [0.1, 0.15) is 18.5 Å². The lowest BCUT2D eigenvalue weighted by molar-refractivity contribution is -0.138. The Hall–Kier alpha value is -1.26. The maximum absolute atomic E-state index is 12.5. The Morgan fingerprint density at radius 2 is 1.94 bits per heavy atom. The largest absolute Gasteiger partial charge is 0.491 e. The van der Waals surface area contributed by atoms with E-state index in [4.69, 9.17) is 4.74 Å². The highest BCUT2D eigenvalue weighted by Gasteiger charge is 2.32. The molecule has 0 radical (unpaired) electrons. The molecule has 0 bridgehead atoms. The van der Waals surface area contributed by atoms with Gasteiger partial charge in [0.15, 0.2) is 0 Å². The highest BCUT2D eigenvalue weighted by atomic mass is 19.4. The van der Waals surface area contributed by atoms with Crippen molar-refractivity contribution in [3.63, 3.8) is 0 Å². The number of halogens is 4. The molecule has 0 aliphatic carbocycles. The second kappa shape index (κ2) is 4.72. The standard InChI is InChI=1S/C11H12F4O/c1-7-3-4-9(16-6-8(2)12)5-10(7)11(13,14)15/h3-5,8H,6H2,1-2H3/t8-/m1/s1. The van der Waals surface area contributed by atoms with E-state index >= 15 is 0 Å². The quantitative estimate of drug-likeness (QED) is 0.726. The van der Waals surface area contributed by atoms with Gasteiger partial charge in [0.25, 0.3) is 0 Å². The van der Waals surface area contributed by atoms with E-state index in [1.165, 1.54) is 26.0 Å². The lowest BCUT2D eigenvalue weighted by Gasteiger charge is -2.13. The van der Waals surface area contributed by atoms with Crippen molar-refractivity contribution in [3.8, 4) is 5.75 Å². The molecule has 90 valence electrons. The van der Waals surface area contributed by atoms with Crippen molar-refractivity contribution in [2.75, 3.05) is 6.61 Å². The summed E-state index contributed by atoms with van der Waals surface area (Å²) in [5, 5.41) is 0. The zero-order valence-corrected chi connectivity index (χ0v) is 8.94. The smallest absolute Gasteiger partial charge is 0.416 e. The summed E-state index contributed by atoms with van der Waals surface area (Å²) < 4.78 is 54.8. The second-order valence-corrected chi connectivity index (χ2v) is 3.57. The first-order valence-electron chi connectivity index (χ1n) is 4.75. The van der Waals surface area contributed by atoms with Crippen molar-refractivity contribution < 1.29 is 22.3 Å². The van der Waals surface area contributed by atoms with Crippen molar-refractivity contribution in [3.05, 3.63) is 29.3 Å². The van der Waals surface area contributed by atoms with E-state index in [2.05, 4.69) is 0 Å². The summed E-state index contributed by atoms with van der Waals surface area (Å²) in [5.74, 6) is 0.0300. The zero-order valence-electron chi connectivity index (χ0n) is 8.94. The van der Waals surface area contributed by atoms with Gasteiger partial charge >= 0.3 is 6.18 Å². The summed E-state index contributed by atoms with van der Waals surface area (Å²) in [4.78, 5) is 0. The molecule has 1 rings (SSSR count). The highest BCUT2D eigenvalue weighted by molar-refractivity contribution is 5.36. The SMILES string of the molecule is Cc1ccc(OC[C@@H](C)F)cc1C(F)(F)F. The molecule has 0 fully saturated rings. The summed E-state index contributed by atoms with van der Waals surface area (Å²) in [5.41, 5.74) is -0.635. The Kier molecular flexibility index (Phi) is 3.78. The van der Waals surface area contributed by atoms with Gasteiger partial charge in [-0.3, -0.25) is 0 Å². The number of benzene rings is 1. The van der Waals surface area contributed by atoms with Gasteiger partial charge < -0.3 is 4.74 Å². The van der Waals surface area contributed by atoms with E-state index in [-0.39, 0.29) is 17.9 Å². The van der Waals surface area contributed by atoms with Gasteiger partial charge in [0.05, 0.1) is 5.56 Å². The Balaban J connectivity index is 2.90. The van der Waals surface area contributed by atoms with Crippen molar-refractivity contribution in [2.24, 2.45) is 0 Å². The van der Waals surface area contributed by atoms with Gasteiger partial charge in [-0.2, -0.15) is 13.2 Å². The summed E-state index contributed by atoms with van der Waals surface area (Å²) in [6, 6.07) is 3.59. The Morgan fingerprint density at radius 3 is 2.44 bits per heavy atom. The lowest BCUT2D eigenvalue weighted by atomic mass is 10.1. The Bertz CT molecular complexity index is 357. The van der Waals surface area contributed by atoms with Crippen molar-refractivity contribution in [2.45, 2.75) is 26.2 Å². The summed E-state index contributed by atoms with van der Waals surface area (Å²) in [6.45, 7) is 2.39. The van der Waals surface area contributed by atoms with Gasteiger partial charge in [-0.1, -0.05) is 6.07 Å².